The van der Waals surface area contributed by atoms with E-state index >= 15 is 0 Å². The average Bonchev–Trinajstić information content (AvgIpc) is 3.25. The number of anilines is 2. The van der Waals surface area contributed by atoms with E-state index in [-0.39, 0.29) is 18.4 Å². The number of ether oxygens (including phenoxy) is 1. The molecule has 39 heavy (non-hydrogen) atoms. The minimum absolute atomic E-state index is 0.153. The third-order valence-electron chi connectivity index (χ3n) is 5.55. The van der Waals surface area contributed by atoms with Crippen LogP contribution in [-0.4, -0.2) is 23.6 Å². The van der Waals surface area contributed by atoms with Crippen molar-refractivity contribution in [1.29, 1.82) is 0 Å². The van der Waals surface area contributed by atoms with E-state index in [2.05, 4.69) is 5.32 Å². The summed E-state index contributed by atoms with van der Waals surface area (Å²) in [4.78, 5) is 32.6. The Morgan fingerprint density at radius 3 is 2.28 bits per heavy atom. The van der Waals surface area contributed by atoms with Gasteiger partial charge in [-0.2, -0.15) is 0 Å². The fourth-order valence-electron chi connectivity index (χ4n) is 3.70. The maximum atomic E-state index is 13.4. The van der Waals surface area contributed by atoms with Crippen molar-refractivity contribution < 1.29 is 14.3 Å². The molecule has 0 aromatic heterocycles. The second kappa shape index (κ2) is 12.2. The summed E-state index contributed by atoms with van der Waals surface area (Å²) in [7, 11) is 0. The Morgan fingerprint density at radius 1 is 0.897 bits per heavy atom. The molecule has 9 heteroatoms. The topological polar surface area (TPSA) is 71.0 Å². The van der Waals surface area contributed by atoms with Gasteiger partial charge < -0.3 is 10.1 Å². The van der Waals surface area contributed by atoms with Crippen molar-refractivity contribution in [1.82, 2.24) is 0 Å². The Labute approximate surface area is 239 Å². The molecule has 0 saturated carbocycles. The highest BCUT2D eigenvalue weighted by Gasteiger charge is 2.34. The minimum atomic E-state index is -0.334. The molecule has 1 saturated heterocycles. The molecule has 5 rings (SSSR count). The number of hydrogen-bond acceptors (Lipinski definition) is 5. The summed E-state index contributed by atoms with van der Waals surface area (Å²) >= 11 is 13.2. The predicted molar refractivity (Wildman–Crippen MR) is 160 cm³/mol. The summed E-state index contributed by atoms with van der Waals surface area (Å²) in [6, 6.07) is 31.0. The summed E-state index contributed by atoms with van der Waals surface area (Å²) < 4.78 is 5.61. The van der Waals surface area contributed by atoms with Gasteiger partial charge in [-0.3, -0.25) is 14.5 Å². The molecule has 0 radical (unpaired) electrons. The lowest BCUT2D eigenvalue weighted by atomic mass is 10.2. The van der Waals surface area contributed by atoms with E-state index in [9.17, 15) is 9.59 Å². The standard InChI is InChI=1S/C30H21Cl2N3O3S/c31-25-16-13-22(18-26(25)32)33-28(36)19-38-24-14-11-20(12-15-24)17-27-29(37)35(23-9-5-2-6-10-23)30(39-27)34-21-7-3-1-4-8-21/h1-18H,19H2,(H,33,36)/b27-17+,34-30?. The van der Waals surface area contributed by atoms with Crippen molar-refractivity contribution in [3.63, 3.8) is 0 Å². The van der Waals surface area contributed by atoms with Crippen molar-refractivity contribution in [3.8, 4) is 5.75 Å². The summed E-state index contributed by atoms with van der Waals surface area (Å²) in [5.74, 6) is 0.0306. The lowest BCUT2D eigenvalue weighted by Crippen LogP contribution is -2.28. The maximum absolute atomic E-state index is 13.4. The number of para-hydroxylation sites is 2. The van der Waals surface area contributed by atoms with Gasteiger partial charge in [0.25, 0.3) is 11.8 Å². The molecular formula is C30H21Cl2N3O3S. The Bertz CT molecular complexity index is 1560. The van der Waals surface area contributed by atoms with E-state index in [1.54, 1.807) is 35.2 Å². The van der Waals surface area contributed by atoms with E-state index in [0.717, 1.165) is 16.9 Å². The van der Waals surface area contributed by atoms with Crippen LogP contribution in [0.3, 0.4) is 0 Å². The number of carbonyl (C=O) groups is 2. The van der Waals surface area contributed by atoms with Gasteiger partial charge >= 0.3 is 0 Å². The van der Waals surface area contributed by atoms with Crippen LogP contribution in [0.2, 0.25) is 10.0 Å². The van der Waals surface area contributed by atoms with Gasteiger partial charge in [0.2, 0.25) is 0 Å². The van der Waals surface area contributed by atoms with E-state index in [4.69, 9.17) is 32.9 Å². The highest BCUT2D eigenvalue weighted by Crippen LogP contribution is 2.37. The number of nitrogens with one attached hydrogen (secondary N) is 1. The van der Waals surface area contributed by atoms with Gasteiger partial charge in [0.15, 0.2) is 11.8 Å². The highest BCUT2D eigenvalue weighted by atomic mass is 35.5. The zero-order valence-corrected chi connectivity index (χ0v) is 22.7. The monoisotopic (exact) mass is 573 g/mol. The second-order valence-corrected chi connectivity index (χ2v) is 10.2. The van der Waals surface area contributed by atoms with Gasteiger partial charge in [-0.05, 0) is 78.0 Å². The first kappa shape index (κ1) is 26.6. The number of aliphatic imine (C=N–C) groups is 1. The quantitative estimate of drug-likeness (QED) is 0.229. The zero-order valence-electron chi connectivity index (χ0n) is 20.4. The van der Waals surface area contributed by atoms with Crippen LogP contribution in [0.5, 0.6) is 5.75 Å². The molecule has 6 nitrogen and oxygen atoms in total. The normalized spacial score (nSPS) is 15.1. The van der Waals surface area contributed by atoms with E-state index in [1.165, 1.54) is 11.8 Å². The summed E-state index contributed by atoms with van der Waals surface area (Å²) in [6.45, 7) is -0.180. The fourth-order valence-corrected chi connectivity index (χ4v) is 5.00. The first-order valence-corrected chi connectivity index (χ1v) is 13.4. The summed E-state index contributed by atoms with van der Waals surface area (Å²) in [5, 5.41) is 4.05. The van der Waals surface area contributed by atoms with Crippen LogP contribution in [-0.2, 0) is 9.59 Å². The number of benzene rings is 4. The SMILES string of the molecule is O=C(COc1ccc(/C=C2/SC(=Nc3ccccc3)N(c3ccccc3)C2=O)cc1)Nc1ccc(Cl)c(Cl)c1. The molecule has 0 bridgehead atoms. The van der Waals surface area contributed by atoms with Crippen LogP contribution >= 0.6 is 35.0 Å². The maximum Gasteiger partial charge on any atom is 0.271 e. The zero-order chi connectivity index (χ0) is 27.2. The van der Waals surface area contributed by atoms with Crippen LogP contribution < -0.4 is 15.0 Å². The molecule has 2 amide bonds. The number of amides is 2. The second-order valence-electron chi connectivity index (χ2n) is 8.35. The predicted octanol–water partition coefficient (Wildman–Crippen LogP) is 7.82. The third kappa shape index (κ3) is 6.70. The molecule has 1 aliphatic rings. The van der Waals surface area contributed by atoms with Crippen LogP contribution in [0.15, 0.2) is 113 Å². The number of thioether (sulfide) groups is 1. The van der Waals surface area contributed by atoms with Crippen molar-refractivity contribution in [2.24, 2.45) is 4.99 Å². The molecule has 4 aromatic rings. The van der Waals surface area contributed by atoms with Crippen LogP contribution in [0.25, 0.3) is 6.08 Å². The smallest absolute Gasteiger partial charge is 0.271 e. The molecule has 0 aliphatic carbocycles. The fraction of sp³-hybridized carbons (Fsp3) is 0.0333. The van der Waals surface area contributed by atoms with Crippen molar-refractivity contribution in [2.75, 3.05) is 16.8 Å². The Hall–Kier alpha value is -4.04. The van der Waals surface area contributed by atoms with Crippen LogP contribution in [0, 0.1) is 0 Å². The Balaban J connectivity index is 1.28. The van der Waals surface area contributed by atoms with E-state index < -0.39 is 0 Å². The molecule has 0 atom stereocenters. The van der Waals surface area contributed by atoms with Gasteiger partial charge in [-0.15, -0.1) is 0 Å². The molecular weight excluding hydrogens is 553 g/mol. The van der Waals surface area contributed by atoms with E-state index in [1.807, 2.05) is 78.9 Å². The van der Waals surface area contributed by atoms with Gasteiger partial charge in [-0.1, -0.05) is 71.7 Å². The first-order chi connectivity index (χ1) is 19.0. The summed E-state index contributed by atoms with van der Waals surface area (Å²) in [5.41, 5.74) is 2.85. The largest absolute Gasteiger partial charge is 0.484 e. The molecule has 4 aromatic carbocycles. The van der Waals surface area contributed by atoms with Gasteiger partial charge in [-0.25, -0.2) is 4.99 Å². The van der Waals surface area contributed by atoms with Crippen LogP contribution in [0.4, 0.5) is 17.1 Å². The number of hydrogen-bond donors (Lipinski definition) is 1. The lowest BCUT2D eigenvalue weighted by Gasteiger charge is -2.15. The van der Waals surface area contributed by atoms with Gasteiger partial charge in [0.1, 0.15) is 5.75 Å². The number of halogens is 2. The van der Waals surface area contributed by atoms with Gasteiger partial charge in [0.05, 0.1) is 26.3 Å². The van der Waals surface area contributed by atoms with Gasteiger partial charge in [0, 0.05) is 5.69 Å². The molecule has 194 valence electrons. The number of nitrogens with zero attached hydrogens (tertiary/aromatic N) is 2. The molecule has 0 unspecified atom stereocenters. The Kier molecular flexibility index (Phi) is 8.32. The van der Waals surface area contributed by atoms with Crippen LogP contribution in [0.1, 0.15) is 5.56 Å². The summed E-state index contributed by atoms with van der Waals surface area (Å²) in [6.07, 6.45) is 1.82. The van der Waals surface area contributed by atoms with Crippen molar-refractivity contribution in [2.45, 2.75) is 0 Å². The molecule has 1 fully saturated rings. The average molecular weight is 574 g/mol. The van der Waals surface area contributed by atoms with E-state index in [0.29, 0.717) is 31.6 Å². The third-order valence-corrected chi connectivity index (χ3v) is 7.26. The molecule has 1 aliphatic heterocycles. The lowest BCUT2D eigenvalue weighted by molar-refractivity contribution is -0.118. The number of rotatable bonds is 7. The highest BCUT2D eigenvalue weighted by molar-refractivity contribution is 8.19. The molecule has 1 N–H and O–H groups in total. The first-order valence-electron chi connectivity index (χ1n) is 11.9. The minimum Gasteiger partial charge on any atom is -0.484 e. The number of carbonyl (C=O) groups excluding carboxylic acids is 2. The number of amidine groups is 1. The van der Waals surface area contributed by atoms with Crippen molar-refractivity contribution in [3.05, 3.63) is 124 Å². The molecule has 1 heterocycles. The van der Waals surface area contributed by atoms with Crippen molar-refractivity contribution >= 4 is 75.1 Å². The molecule has 0 spiro atoms. The Morgan fingerprint density at radius 2 is 1.59 bits per heavy atom.